The topological polar surface area (TPSA) is 61.8 Å². The van der Waals surface area contributed by atoms with E-state index in [1.54, 1.807) is 6.92 Å². The third kappa shape index (κ3) is 5.11. The highest BCUT2D eigenvalue weighted by Crippen LogP contribution is 2.16. The van der Waals surface area contributed by atoms with E-state index in [1.807, 2.05) is 0 Å². The van der Waals surface area contributed by atoms with Crippen molar-refractivity contribution in [3.05, 3.63) is 0 Å². The van der Waals surface area contributed by atoms with Crippen LogP contribution in [-0.4, -0.2) is 37.9 Å². The molecule has 0 aromatic carbocycles. The zero-order valence-corrected chi connectivity index (χ0v) is 9.57. The van der Waals surface area contributed by atoms with Gasteiger partial charge in [0.15, 0.2) is 6.61 Å². The summed E-state index contributed by atoms with van der Waals surface area (Å²) in [6, 6.07) is 0. The maximum atomic E-state index is 11.2. The molecule has 0 aromatic heterocycles. The summed E-state index contributed by atoms with van der Waals surface area (Å²) in [4.78, 5) is 22.1. The standard InChI is InChI=1S/C11H18O5/c1-2-14-11(13)8-16-10(12)6-5-9-4-3-7-15-9/h9H,2-8H2,1H3. The molecular weight excluding hydrogens is 212 g/mol. The average molecular weight is 230 g/mol. The monoisotopic (exact) mass is 230 g/mol. The van der Waals surface area contributed by atoms with Crippen LogP contribution < -0.4 is 0 Å². The van der Waals surface area contributed by atoms with Crippen LogP contribution in [0.2, 0.25) is 0 Å². The van der Waals surface area contributed by atoms with Crippen molar-refractivity contribution in [2.24, 2.45) is 0 Å². The van der Waals surface area contributed by atoms with Gasteiger partial charge in [-0.3, -0.25) is 4.79 Å². The molecule has 1 saturated heterocycles. The molecule has 5 heteroatoms. The third-order valence-corrected chi connectivity index (χ3v) is 2.35. The van der Waals surface area contributed by atoms with Crippen molar-refractivity contribution < 1.29 is 23.8 Å². The molecular formula is C11H18O5. The van der Waals surface area contributed by atoms with E-state index in [0.717, 1.165) is 19.4 Å². The molecule has 0 bridgehead atoms. The van der Waals surface area contributed by atoms with E-state index in [0.29, 0.717) is 19.4 Å². The molecule has 0 amide bonds. The molecule has 5 nitrogen and oxygen atoms in total. The van der Waals surface area contributed by atoms with Crippen LogP contribution in [0.3, 0.4) is 0 Å². The van der Waals surface area contributed by atoms with Gasteiger partial charge >= 0.3 is 11.9 Å². The minimum Gasteiger partial charge on any atom is -0.463 e. The van der Waals surface area contributed by atoms with E-state index < -0.39 is 5.97 Å². The molecule has 1 fully saturated rings. The van der Waals surface area contributed by atoms with E-state index in [9.17, 15) is 9.59 Å². The second-order valence-corrected chi connectivity index (χ2v) is 3.64. The van der Waals surface area contributed by atoms with E-state index in [1.165, 1.54) is 0 Å². The lowest BCUT2D eigenvalue weighted by Crippen LogP contribution is -2.17. The Balaban J connectivity index is 2.04. The highest BCUT2D eigenvalue weighted by Gasteiger charge is 2.17. The predicted octanol–water partition coefficient (Wildman–Crippen LogP) is 1.05. The molecule has 0 N–H and O–H groups in total. The van der Waals surface area contributed by atoms with Gasteiger partial charge in [0.2, 0.25) is 0 Å². The van der Waals surface area contributed by atoms with Gasteiger partial charge in [-0.2, -0.15) is 0 Å². The first-order chi connectivity index (χ1) is 7.72. The molecule has 0 aromatic rings. The summed E-state index contributed by atoms with van der Waals surface area (Å²) in [6.07, 6.45) is 3.20. The quantitative estimate of drug-likeness (QED) is 0.638. The van der Waals surface area contributed by atoms with Gasteiger partial charge in [0.1, 0.15) is 0 Å². The second-order valence-electron chi connectivity index (χ2n) is 3.64. The molecule has 0 saturated carbocycles. The normalized spacial score (nSPS) is 19.4. The van der Waals surface area contributed by atoms with Gasteiger partial charge in [-0.05, 0) is 26.2 Å². The minimum absolute atomic E-state index is 0.176. The highest BCUT2D eigenvalue weighted by molar-refractivity contribution is 5.76. The Morgan fingerprint density at radius 1 is 1.31 bits per heavy atom. The van der Waals surface area contributed by atoms with Crippen LogP contribution in [-0.2, 0) is 23.8 Å². The zero-order valence-electron chi connectivity index (χ0n) is 9.57. The lowest BCUT2D eigenvalue weighted by molar-refractivity contribution is -0.158. The first-order valence-corrected chi connectivity index (χ1v) is 5.65. The van der Waals surface area contributed by atoms with Gasteiger partial charge in [-0.1, -0.05) is 0 Å². The Morgan fingerprint density at radius 2 is 2.12 bits per heavy atom. The van der Waals surface area contributed by atoms with Crippen molar-refractivity contribution in [1.82, 2.24) is 0 Å². The highest BCUT2D eigenvalue weighted by atomic mass is 16.6. The summed E-state index contributed by atoms with van der Waals surface area (Å²) in [5.74, 6) is -0.878. The van der Waals surface area contributed by atoms with Gasteiger partial charge in [-0.15, -0.1) is 0 Å². The number of esters is 2. The molecule has 92 valence electrons. The fourth-order valence-corrected chi connectivity index (χ4v) is 1.57. The Morgan fingerprint density at radius 3 is 2.75 bits per heavy atom. The first-order valence-electron chi connectivity index (χ1n) is 5.65. The Bertz CT molecular complexity index is 233. The maximum Gasteiger partial charge on any atom is 0.344 e. The molecule has 1 heterocycles. The fourth-order valence-electron chi connectivity index (χ4n) is 1.57. The second kappa shape index (κ2) is 7.22. The van der Waals surface area contributed by atoms with Gasteiger partial charge < -0.3 is 14.2 Å². The lowest BCUT2D eigenvalue weighted by atomic mass is 10.1. The van der Waals surface area contributed by atoms with E-state index >= 15 is 0 Å². The molecule has 0 spiro atoms. The number of carbonyl (C=O) groups excluding carboxylic acids is 2. The van der Waals surface area contributed by atoms with Crippen molar-refractivity contribution in [3.63, 3.8) is 0 Å². The maximum absolute atomic E-state index is 11.2. The molecule has 1 rings (SSSR count). The average Bonchev–Trinajstić information content (AvgIpc) is 2.77. The molecule has 1 aliphatic heterocycles. The summed E-state index contributed by atoms with van der Waals surface area (Å²) < 4.78 is 14.7. The largest absolute Gasteiger partial charge is 0.463 e. The number of hydrogen-bond donors (Lipinski definition) is 0. The molecule has 1 unspecified atom stereocenters. The molecule has 1 aliphatic rings. The minimum atomic E-state index is -0.507. The Labute approximate surface area is 95.0 Å². The van der Waals surface area contributed by atoms with Crippen LogP contribution in [0.25, 0.3) is 0 Å². The van der Waals surface area contributed by atoms with Crippen molar-refractivity contribution in [3.8, 4) is 0 Å². The van der Waals surface area contributed by atoms with Gasteiger partial charge in [-0.25, -0.2) is 4.79 Å². The van der Waals surface area contributed by atoms with Crippen molar-refractivity contribution in [1.29, 1.82) is 0 Å². The molecule has 0 aliphatic carbocycles. The van der Waals surface area contributed by atoms with E-state index in [2.05, 4.69) is 4.74 Å². The smallest absolute Gasteiger partial charge is 0.344 e. The summed E-state index contributed by atoms with van der Waals surface area (Å²) in [5, 5.41) is 0. The van der Waals surface area contributed by atoms with Gasteiger partial charge in [0, 0.05) is 13.0 Å². The summed E-state index contributed by atoms with van der Waals surface area (Å²) in [6.45, 7) is 2.49. The van der Waals surface area contributed by atoms with Crippen LogP contribution >= 0.6 is 0 Å². The zero-order chi connectivity index (χ0) is 11.8. The number of hydrogen-bond acceptors (Lipinski definition) is 5. The van der Waals surface area contributed by atoms with E-state index in [4.69, 9.17) is 9.47 Å². The molecule has 16 heavy (non-hydrogen) atoms. The number of ether oxygens (including phenoxy) is 3. The van der Waals surface area contributed by atoms with Crippen molar-refractivity contribution in [2.45, 2.75) is 38.7 Å². The first kappa shape index (κ1) is 13.0. The Kier molecular flexibility index (Phi) is 5.85. The van der Waals surface area contributed by atoms with Gasteiger partial charge in [0.25, 0.3) is 0 Å². The molecule has 1 atom stereocenters. The van der Waals surface area contributed by atoms with Crippen LogP contribution in [0.5, 0.6) is 0 Å². The third-order valence-electron chi connectivity index (χ3n) is 2.35. The fraction of sp³-hybridized carbons (Fsp3) is 0.818. The van der Waals surface area contributed by atoms with Crippen molar-refractivity contribution >= 4 is 11.9 Å². The SMILES string of the molecule is CCOC(=O)COC(=O)CCC1CCCO1. The predicted molar refractivity (Wildman–Crippen MR) is 55.8 cm³/mol. The van der Waals surface area contributed by atoms with Crippen molar-refractivity contribution in [2.75, 3.05) is 19.8 Å². The Hall–Kier alpha value is -1.10. The van der Waals surface area contributed by atoms with Crippen LogP contribution in [0.15, 0.2) is 0 Å². The number of carbonyl (C=O) groups is 2. The van der Waals surface area contributed by atoms with Crippen LogP contribution in [0, 0.1) is 0 Å². The molecule has 0 radical (unpaired) electrons. The van der Waals surface area contributed by atoms with Crippen LogP contribution in [0.4, 0.5) is 0 Å². The summed E-state index contributed by atoms with van der Waals surface area (Å²) in [7, 11) is 0. The summed E-state index contributed by atoms with van der Waals surface area (Å²) >= 11 is 0. The number of rotatable bonds is 6. The lowest BCUT2D eigenvalue weighted by Gasteiger charge is -2.08. The summed E-state index contributed by atoms with van der Waals surface area (Å²) in [5.41, 5.74) is 0. The van der Waals surface area contributed by atoms with Gasteiger partial charge in [0.05, 0.1) is 12.7 Å². The van der Waals surface area contributed by atoms with E-state index in [-0.39, 0.29) is 18.7 Å². The van der Waals surface area contributed by atoms with Crippen LogP contribution in [0.1, 0.15) is 32.6 Å².